The van der Waals surface area contributed by atoms with Gasteiger partial charge in [-0.1, -0.05) is 6.07 Å². The molecule has 0 unspecified atom stereocenters. The van der Waals surface area contributed by atoms with Crippen molar-refractivity contribution in [3.8, 4) is 5.88 Å². The number of anilines is 2. The molecule has 0 radical (unpaired) electrons. The van der Waals surface area contributed by atoms with Crippen molar-refractivity contribution in [2.24, 2.45) is 0 Å². The van der Waals surface area contributed by atoms with Crippen LogP contribution in [-0.2, 0) is 22.3 Å². The summed E-state index contributed by atoms with van der Waals surface area (Å²) in [4.78, 5) is 26.6. The van der Waals surface area contributed by atoms with Crippen molar-refractivity contribution >= 4 is 17.5 Å². The van der Waals surface area contributed by atoms with E-state index in [2.05, 4.69) is 32.3 Å². The number of hydrogen-bond acceptors (Lipinski definition) is 8. The van der Waals surface area contributed by atoms with Crippen molar-refractivity contribution in [1.29, 1.82) is 0 Å². The number of benzene rings is 1. The Morgan fingerprint density at radius 3 is 2.55 bits per heavy atom. The zero-order chi connectivity index (χ0) is 22.5. The van der Waals surface area contributed by atoms with Crippen LogP contribution in [0.25, 0.3) is 0 Å². The van der Waals surface area contributed by atoms with Crippen LogP contribution < -0.4 is 15.0 Å². The number of aromatic nitrogens is 2. The van der Waals surface area contributed by atoms with Crippen molar-refractivity contribution in [2.75, 3.05) is 76.0 Å². The Balaban J connectivity index is 1.30. The second-order valence-electron chi connectivity index (χ2n) is 8.58. The fourth-order valence-corrected chi connectivity index (χ4v) is 4.46. The van der Waals surface area contributed by atoms with Gasteiger partial charge in [-0.3, -0.25) is 9.69 Å². The third-order valence-electron chi connectivity index (χ3n) is 6.33. The molecule has 1 aromatic heterocycles. The predicted octanol–water partition coefficient (Wildman–Crippen LogP) is 1.77. The van der Waals surface area contributed by atoms with Crippen molar-refractivity contribution in [3.05, 3.63) is 41.1 Å². The van der Waals surface area contributed by atoms with Crippen LogP contribution in [0.5, 0.6) is 5.88 Å². The highest BCUT2D eigenvalue weighted by atomic mass is 16.5. The number of fused-ring (bicyclic) bond motifs is 1. The topological polar surface area (TPSA) is 89.0 Å². The summed E-state index contributed by atoms with van der Waals surface area (Å²) in [7, 11) is 0. The quantitative estimate of drug-likeness (QED) is 0.679. The van der Waals surface area contributed by atoms with E-state index in [1.165, 1.54) is 17.5 Å². The van der Waals surface area contributed by atoms with E-state index in [-0.39, 0.29) is 5.91 Å². The van der Waals surface area contributed by atoms with Crippen LogP contribution in [0.3, 0.4) is 0 Å². The van der Waals surface area contributed by atoms with Gasteiger partial charge in [0.2, 0.25) is 11.8 Å². The van der Waals surface area contributed by atoms with E-state index >= 15 is 0 Å². The van der Waals surface area contributed by atoms with Crippen molar-refractivity contribution < 1.29 is 19.0 Å². The molecule has 1 aromatic carbocycles. The third kappa shape index (κ3) is 5.61. The van der Waals surface area contributed by atoms with Crippen LogP contribution in [0, 0.1) is 0 Å². The normalized spacial score (nSPS) is 18.7. The fourth-order valence-electron chi connectivity index (χ4n) is 4.46. The lowest BCUT2D eigenvalue weighted by atomic mass is 10.1. The monoisotopic (exact) mass is 453 g/mol. The minimum atomic E-state index is -0.261. The molecular weight excluding hydrogens is 422 g/mol. The molecule has 0 bridgehead atoms. The Bertz CT molecular complexity index is 973. The van der Waals surface area contributed by atoms with Crippen LogP contribution in [0.1, 0.15) is 28.0 Å². The third-order valence-corrected chi connectivity index (χ3v) is 6.33. The van der Waals surface area contributed by atoms with E-state index in [4.69, 9.17) is 14.2 Å². The molecule has 2 aliphatic heterocycles. The van der Waals surface area contributed by atoms with E-state index in [9.17, 15) is 4.79 Å². The highest BCUT2D eigenvalue weighted by molar-refractivity contribution is 6.03. The van der Waals surface area contributed by atoms with Gasteiger partial charge < -0.3 is 24.4 Å². The Morgan fingerprint density at radius 1 is 0.970 bits per heavy atom. The Labute approximate surface area is 194 Å². The standard InChI is InChI=1S/C24H31N5O4/c30-23(25-20-5-4-18-2-1-3-19(18)16-20)21-17-22(33-15-8-28-6-11-31-12-7-28)27-24(26-21)29-9-13-32-14-10-29/h4-5,16-17H,1-3,6-15H2,(H,25,30). The summed E-state index contributed by atoms with van der Waals surface area (Å²) in [5.74, 6) is 0.656. The summed E-state index contributed by atoms with van der Waals surface area (Å²) in [6.45, 7) is 7.18. The first kappa shape index (κ1) is 22.1. The fraction of sp³-hybridized carbons (Fsp3) is 0.542. The number of carbonyl (C=O) groups is 1. The zero-order valence-corrected chi connectivity index (χ0v) is 18.9. The number of nitrogens with one attached hydrogen (secondary N) is 1. The molecule has 0 saturated carbocycles. The molecule has 0 atom stereocenters. The summed E-state index contributed by atoms with van der Waals surface area (Å²) < 4.78 is 16.8. The van der Waals surface area contributed by atoms with Gasteiger partial charge in [-0.05, 0) is 42.5 Å². The molecule has 0 spiro atoms. The number of hydrogen-bond donors (Lipinski definition) is 1. The maximum absolute atomic E-state index is 13.1. The molecule has 9 nitrogen and oxygen atoms in total. The Kier molecular flexibility index (Phi) is 6.99. The molecule has 176 valence electrons. The van der Waals surface area contributed by atoms with Crippen LogP contribution in [0.15, 0.2) is 24.3 Å². The van der Waals surface area contributed by atoms with Crippen LogP contribution >= 0.6 is 0 Å². The second kappa shape index (κ2) is 10.5. The summed E-state index contributed by atoms with van der Waals surface area (Å²) in [5, 5.41) is 3.00. The minimum absolute atomic E-state index is 0.261. The first-order valence-electron chi connectivity index (χ1n) is 11.8. The summed E-state index contributed by atoms with van der Waals surface area (Å²) >= 11 is 0. The van der Waals surface area contributed by atoms with Gasteiger partial charge in [0.1, 0.15) is 12.3 Å². The summed E-state index contributed by atoms with van der Waals surface area (Å²) in [5.41, 5.74) is 3.78. The summed E-state index contributed by atoms with van der Waals surface area (Å²) in [6.07, 6.45) is 3.35. The predicted molar refractivity (Wildman–Crippen MR) is 124 cm³/mol. The lowest BCUT2D eigenvalue weighted by molar-refractivity contribution is 0.0320. The first-order chi connectivity index (χ1) is 16.2. The van der Waals surface area contributed by atoms with Gasteiger partial charge in [-0.15, -0.1) is 0 Å². The SMILES string of the molecule is O=C(Nc1ccc2c(c1)CCC2)c1cc(OCCN2CCOCC2)nc(N2CCOCC2)n1. The van der Waals surface area contributed by atoms with Gasteiger partial charge in [-0.2, -0.15) is 4.98 Å². The molecule has 2 aromatic rings. The van der Waals surface area contributed by atoms with Gasteiger partial charge in [0.05, 0.1) is 26.4 Å². The van der Waals surface area contributed by atoms with E-state index in [1.807, 2.05) is 11.0 Å². The molecular formula is C24H31N5O4. The highest BCUT2D eigenvalue weighted by Crippen LogP contribution is 2.25. The van der Waals surface area contributed by atoms with Crippen molar-refractivity contribution in [2.45, 2.75) is 19.3 Å². The molecule has 3 heterocycles. The molecule has 3 aliphatic rings. The van der Waals surface area contributed by atoms with E-state index in [0.717, 1.165) is 51.4 Å². The van der Waals surface area contributed by atoms with Gasteiger partial charge in [-0.25, -0.2) is 4.98 Å². The van der Waals surface area contributed by atoms with E-state index in [0.29, 0.717) is 50.4 Å². The van der Waals surface area contributed by atoms with Crippen LogP contribution in [0.4, 0.5) is 11.6 Å². The van der Waals surface area contributed by atoms with Gasteiger partial charge in [0, 0.05) is 44.5 Å². The van der Waals surface area contributed by atoms with Gasteiger partial charge in [0.15, 0.2) is 0 Å². The number of rotatable bonds is 7. The lowest BCUT2D eigenvalue weighted by Gasteiger charge is -2.27. The molecule has 1 aliphatic carbocycles. The minimum Gasteiger partial charge on any atom is -0.476 e. The molecule has 5 rings (SSSR count). The van der Waals surface area contributed by atoms with Crippen LogP contribution in [-0.4, -0.2) is 86.5 Å². The molecule has 2 saturated heterocycles. The number of carbonyl (C=O) groups excluding carboxylic acids is 1. The molecule has 1 amide bonds. The number of aryl methyl sites for hydroxylation is 2. The van der Waals surface area contributed by atoms with E-state index < -0.39 is 0 Å². The number of morpholine rings is 2. The number of amides is 1. The average Bonchev–Trinajstić information content (AvgIpc) is 3.33. The molecule has 2 fully saturated rings. The Hall–Kier alpha value is -2.75. The number of ether oxygens (including phenoxy) is 3. The first-order valence-corrected chi connectivity index (χ1v) is 11.8. The zero-order valence-electron chi connectivity index (χ0n) is 18.9. The molecule has 33 heavy (non-hydrogen) atoms. The van der Waals surface area contributed by atoms with Gasteiger partial charge >= 0.3 is 0 Å². The summed E-state index contributed by atoms with van der Waals surface area (Å²) in [6, 6.07) is 7.78. The largest absolute Gasteiger partial charge is 0.476 e. The highest BCUT2D eigenvalue weighted by Gasteiger charge is 2.20. The lowest BCUT2D eigenvalue weighted by Crippen LogP contribution is -2.39. The van der Waals surface area contributed by atoms with Crippen molar-refractivity contribution in [1.82, 2.24) is 14.9 Å². The maximum Gasteiger partial charge on any atom is 0.274 e. The smallest absolute Gasteiger partial charge is 0.274 e. The molecule has 9 heteroatoms. The van der Waals surface area contributed by atoms with Crippen molar-refractivity contribution in [3.63, 3.8) is 0 Å². The van der Waals surface area contributed by atoms with E-state index in [1.54, 1.807) is 6.07 Å². The maximum atomic E-state index is 13.1. The van der Waals surface area contributed by atoms with Gasteiger partial charge in [0.25, 0.3) is 5.91 Å². The van der Waals surface area contributed by atoms with Crippen LogP contribution in [0.2, 0.25) is 0 Å². The Morgan fingerprint density at radius 2 is 1.73 bits per heavy atom. The average molecular weight is 454 g/mol. The number of nitrogens with zero attached hydrogens (tertiary/aromatic N) is 4. The molecule has 1 N–H and O–H groups in total. The second-order valence-corrected chi connectivity index (χ2v) is 8.58.